The molecule has 0 aromatic rings. The molecule has 0 aliphatic carbocycles. The van der Waals surface area contributed by atoms with Crippen LogP contribution in [0.5, 0.6) is 0 Å². The van der Waals surface area contributed by atoms with E-state index in [0.29, 0.717) is 5.25 Å². The maximum absolute atomic E-state index is 8.84. The van der Waals surface area contributed by atoms with Crippen molar-refractivity contribution in [2.45, 2.75) is 31.6 Å². The molecule has 11 heavy (non-hydrogen) atoms. The first-order chi connectivity index (χ1) is 5.24. The van der Waals surface area contributed by atoms with Gasteiger partial charge in [0.25, 0.3) is 0 Å². The van der Waals surface area contributed by atoms with Gasteiger partial charge in [-0.1, -0.05) is 13.8 Å². The van der Waals surface area contributed by atoms with E-state index < -0.39 is 0 Å². The van der Waals surface area contributed by atoms with Crippen LogP contribution in [0.4, 0.5) is 0 Å². The number of nitrogens with one attached hydrogen (secondary N) is 1. The summed E-state index contributed by atoms with van der Waals surface area (Å²) in [4.78, 5) is 0. The van der Waals surface area contributed by atoms with E-state index in [0.717, 1.165) is 5.75 Å². The predicted molar refractivity (Wildman–Crippen MR) is 52.1 cm³/mol. The van der Waals surface area contributed by atoms with E-state index in [9.17, 15) is 0 Å². The Bertz CT molecular complexity index is 86.2. The molecule has 0 heterocycles. The van der Waals surface area contributed by atoms with Gasteiger partial charge < -0.3 is 10.4 Å². The Morgan fingerprint density at radius 1 is 1.55 bits per heavy atom. The van der Waals surface area contributed by atoms with Gasteiger partial charge >= 0.3 is 0 Å². The highest BCUT2D eigenvalue weighted by Crippen LogP contribution is 2.13. The highest BCUT2D eigenvalue weighted by atomic mass is 32.2. The van der Waals surface area contributed by atoms with Gasteiger partial charge in [-0.15, -0.1) is 0 Å². The van der Waals surface area contributed by atoms with Gasteiger partial charge in [-0.25, -0.2) is 0 Å². The zero-order valence-electron chi connectivity index (χ0n) is 7.63. The number of aliphatic hydroxyl groups is 1. The SMILES string of the molecule is CCC(C)SCC(CO)NC. The first-order valence-corrected chi connectivity index (χ1v) is 5.19. The number of likely N-dealkylation sites (N-methyl/N-ethyl adjacent to an activating group) is 1. The normalized spacial score (nSPS) is 16.4. The zero-order chi connectivity index (χ0) is 8.69. The van der Waals surface area contributed by atoms with Gasteiger partial charge in [0.2, 0.25) is 0 Å². The van der Waals surface area contributed by atoms with Crippen molar-refractivity contribution >= 4 is 11.8 Å². The molecule has 2 N–H and O–H groups in total. The van der Waals surface area contributed by atoms with Crippen LogP contribution in [0.3, 0.4) is 0 Å². The summed E-state index contributed by atoms with van der Waals surface area (Å²) in [6.07, 6.45) is 1.20. The van der Waals surface area contributed by atoms with Crippen molar-refractivity contribution in [3.05, 3.63) is 0 Å². The number of hydrogen-bond acceptors (Lipinski definition) is 3. The van der Waals surface area contributed by atoms with Crippen LogP contribution in [0, 0.1) is 0 Å². The topological polar surface area (TPSA) is 32.3 Å². The Labute approximate surface area is 73.8 Å². The summed E-state index contributed by atoms with van der Waals surface area (Å²) in [5, 5.41) is 12.6. The first-order valence-electron chi connectivity index (χ1n) is 4.14. The van der Waals surface area contributed by atoms with Crippen molar-refractivity contribution in [3.8, 4) is 0 Å². The third-order valence-corrected chi connectivity index (χ3v) is 3.28. The minimum Gasteiger partial charge on any atom is -0.395 e. The fourth-order valence-corrected chi connectivity index (χ4v) is 1.69. The molecule has 0 aliphatic heterocycles. The molecule has 0 fully saturated rings. The van der Waals surface area contributed by atoms with Gasteiger partial charge in [0.1, 0.15) is 0 Å². The lowest BCUT2D eigenvalue weighted by molar-refractivity contribution is 0.260. The number of rotatable bonds is 6. The Kier molecular flexibility index (Phi) is 7.12. The molecular formula is C8H19NOS. The van der Waals surface area contributed by atoms with E-state index in [1.54, 1.807) is 0 Å². The van der Waals surface area contributed by atoms with Crippen molar-refractivity contribution in [2.75, 3.05) is 19.4 Å². The summed E-state index contributed by atoms with van der Waals surface area (Å²) in [6.45, 7) is 4.64. The van der Waals surface area contributed by atoms with Gasteiger partial charge in [0, 0.05) is 17.0 Å². The summed E-state index contributed by atoms with van der Waals surface area (Å²) in [5.74, 6) is 1.00. The van der Waals surface area contributed by atoms with Crippen LogP contribution in [0.1, 0.15) is 20.3 Å². The average Bonchev–Trinajstić information content (AvgIpc) is 2.06. The molecule has 68 valence electrons. The van der Waals surface area contributed by atoms with Crippen LogP contribution < -0.4 is 5.32 Å². The Morgan fingerprint density at radius 2 is 2.18 bits per heavy atom. The van der Waals surface area contributed by atoms with Crippen LogP contribution in [0.15, 0.2) is 0 Å². The second kappa shape index (κ2) is 6.95. The summed E-state index contributed by atoms with van der Waals surface area (Å²) in [5.41, 5.74) is 0. The fourth-order valence-electron chi connectivity index (χ4n) is 0.626. The van der Waals surface area contributed by atoms with E-state index in [1.165, 1.54) is 6.42 Å². The van der Waals surface area contributed by atoms with E-state index >= 15 is 0 Å². The minimum atomic E-state index is 0.236. The maximum atomic E-state index is 8.84. The van der Waals surface area contributed by atoms with Crippen molar-refractivity contribution in [1.29, 1.82) is 0 Å². The van der Waals surface area contributed by atoms with Gasteiger partial charge in [0.05, 0.1) is 6.61 Å². The number of aliphatic hydroxyl groups excluding tert-OH is 1. The summed E-state index contributed by atoms with van der Waals surface area (Å²) < 4.78 is 0. The molecule has 0 saturated heterocycles. The highest BCUT2D eigenvalue weighted by molar-refractivity contribution is 7.99. The Balaban J connectivity index is 3.34. The Hall–Kier alpha value is 0.270. The second-order valence-corrected chi connectivity index (χ2v) is 4.19. The molecule has 0 aromatic carbocycles. The van der Waals surface area contributed by atoms with Gasteiger partial charge in [-0.3, -0.25) is 0 Å². The minimum absolute atomic E-state index is 0.236. The molecule has 2 nitrogen and oxygen atoms in total. The van der Waals surface area contributed by atoms with Crippen LogP contribution in [-0.4, -0.2) is 35.8 Å². The van der Waals surface area contributed by atoms with Crippen molar-refractivity contribution in [1.82, 2.24) is 5.32 Å². The lowest BCUT2D eigenvalue weighted by atomic mass is 10.4. The third kappa shape index (κ3) is 5.53. The molecule has 2 atom stereocenters. The summed E-state index contributed by atoms with van der Waals surface area (Å²) in [6, 6.07) is 0.258. The molecule has 0 radical (unpaired) electrons. The molecular weight excluding hydrogens is 158 g/mol. The number of thioether (sulfide) groups is 1. The maximum Gasteiger partial charge on any atom is 0.0592 e. The molecule has 0 aromatic heterocycles. The van der Waals surface area contributed by atoms with Crippen molar-refractivity contribution in [3.63, 3.8) is 0 Å². The smallest absolute Gasteiger partial charge is 0.0592 e. The van der Waals surface area contributed by atoms with E-state index in [-0.39, 0.29) is 12.6 Å². The quantitative estimate of drug-likeness (QED) is 0.637. The third-order valence-electron chi connectivity index (χ3n) is 1.79. The molecule has 0 aliphatic rings. The van der Waals surface area contributed by atoms with E-state index in [1.807, 2.05) is 18.8 Å². The monoisotopic (exact) mass is 177 g/mol. The number of hydrogen-bond donors (Lipinski definition) is 2. The molecule has 0 spiro atoms. The van der Waals surface area contributed by atoms with Crippen LogP contribution in [0.2, 0.25) is 0 Å². The molecule has 0 rings (SSSR count). The van der Waals surface area contributed by atoms with Crippen molar-refractivity contribution < 1.29 is 5.11 Å². The van der Waals surface area contributed by atoms with Crippen LogP contribution in [-0.2, 0) is 0 Å². The second-order valence-electron chi connectivity index (χ2n) is 2.72. The average molecular weight is 177 g/mol. The first kappa shape index (κ1) is 11.3. The Morgan fingerprint density at radius 3 is 2.55 bits per heavy atom. The van der Waals surface area contributed by atoms with Crippen LogP contribution in [0.25, 0.3) is 0 Å². The highest BCUT2D eigenvalue weighted by Gasteiger charge is 2.06. The van der Waals surface area contributed by atoms with Gasteiger partial charge in [-0.05, 0) is 13.5 Å². The molecule has 2 unspecified atom stereocenters. The lowest BCUT2D eigenvalue weighted by Crippen LogP contribution is -2.31. The van der Waals surface area contributed by atoms with Gasteiger partial charge in [0.15, 0.2) is 0 Å². The largest absolute Gasteiger partial charge is 0.395 e. The van der Waals surface area contributed by atoms with E-state index in [4.69, 9.17) is 5.11 Å². The van der Waals surface area contributed by atoms with Gasteiger partial charge in [-0.2, -0.15) is 11.8 Å². The predicted octanol–water partition coefficient (Wildman–Crippen LogP) is 1.10. The zero-order valence-corrected chi connectivity index (χ0v) is 8.45. The van der Waals surface area contributed by atoms with Crippen molar-refractivity contribution in [2.24, 2.45) is 0 Å². The fraction of sp³-hybridized carbons (Fsp3) is 1.00. The molecule has 0 saturated carbocycles. The molecule has 3 heteroatoms. The van der Waals surface area contributed by atoms with Crippen LogP contribution >= 0.6 is 11.8 Å². The molecule has 0 amide bonds. The standard InChI is InChI=1S/C8H19NOS/c1-4-7(2)11-6-8(5-10)9-3/h7-10H,4-6H2,1-3H3. The van der Waals surface area contributed by atoms with E-state index in [2.05, 4.69) is 19.2 Å². The molecule has 0 bridgehead atoms. The summed E-state index contributed by atoms with van der Waals surface area (Å²) >= 11 is 1.91. The summed E-state index contributed by atoms with van der Waals surface area (Å²) in [7, 11) is 1.89. The lowest BCUT2D eigenvalue weighted by Gasteiger charge is -2.14.